The maximum atomic E-state index is 2.50. The van der Waals surface area contributed by atoms with Crippen molar-refractivity contribution in [1.82, 2.24) is 4.90 Å². The molecule has 0 saturated heterocycles. The molecule has 2 atom stereocenters. The van der Waals surface area contributed by atoms with E-state index in [1.807, 2.05) is 0 Å². The molecule has 13 heavy (non-hydrogen) atoms. The van der Waals surface area contributed by atoms with E-state index in [0.717, 1.165) is 5.92 Å². The number of hydrogen-bond donors (Lipinski definition) is 0. The van der Waals surface area contributed by atoms with Crippen LogP contribution in [0.15, 0.2) is 0 Å². The average Bonchev–Trinajstić information content (AvgIpc) is 2.30. The van der Waals surface area contributed by atoms with Gasteiger partial charge in [0.15, 0.2) is 0 Å². The molecular formula is C12H25N. The van der Waals surface area contributed by atoms with Crippen LogP contribution in [0.25, 0.3) is 0 Å². The highest BCUT2D eigenvalue weighted by Crippen LogP contribution is 2.41. The van der Waals surface area contributed by atoms with Crippen LogP contribution in [0.4, 0.5) is 0 Å². The molecule has 1 unspecified atom stereocenters. The number of nitrogens with zero attached hydrogens (tertiary/aromatic N) is 1. The first-order valence-electron chi connectivity index (χ1n) is 5.74. The monoisotopic (exact) mass is 183 g/mol. The fourth-order valence-corrected chi connectivity index (χ4v) is 2.90. The third-order valence-electron chi connectivity index (χ3n) is 3.34. The molecule has 1 rings (SSSR count). The molecule has 0 aromatic carbocycles. The average molecular weight is 183 g/mol. The molecule has 0 aromatic rings. The molecule has 78 valence electrons. The van der Waals surface area contributed by atoms with Crippen molar-refractivity contribution in [2.24, 2.45) is 11.3 Å². The fourth-order valence-electron chi connectivity index (χ4n) is 2.90. The first-order valence-corrected chi connectivity index (χ1v) is 5.74. The lowest BCUT2D eigenvalue weighted by molar-refractivity contribution is 0.192. The Bertz CT molecular complexity index is 155. The second kappa shape index (κ2) is 4.45. The second-order valence-corrected chi connectivity index (χ2v) is 5.40. The van der Waals surface area contributed by atoms with Gasteiger partial charge < -0.3 is 4.90 Å². The molecule has 0 heterocycles. The highest BCUT2D eigenvalue weighted by molar-refractivity contribution is 4.85. The highest BCUT2D eigenvalue weighted by atomic mass is 15.1. The van der Waals surface area contributed by atoms with Gasteiger partial charge in [-0.3, -0.25) is 0 Å². The fraction of sp³-hybridized carbons (Fsp3) is 1.00. The minimum Gasteiger partial charge on any atom is -0.306 e. The maximum Gasteiger partial charge on any atom is 0.00324 e. The molecule has 0 N–H and O–H groups in total. The SMILES string of the molecule is CCCN(C)C[C@@]1(C)CCC(C)C1. The van der Waals surface area contributed by atoms with Crippen LogP contribution in [-0.2, 0) is 0 Å². The van der Waals surface area contributed by atoms with E-state index < -0.39 is 0 Å². The number of rotatable bonds is 4. The lowest BCUT2D eigenvalue weighted by Crippen LogP contribution is -2.32. The van der Waals surface area contributed by atoms with Crippen LogP contribution in [-0.4, -0.2) is 25.0 Å². The highest BCUT2D eigenvalue weighted by Gasteiger charge is 2.33. The van der Waals surface area contributed by atoms with Gasteiger partial charge in [0.2, 0.25) is 0 Å². The molecule has 1 nitrogen and oxygen atoms in total. The van der Waals surface area contributed by atoms with Crippen molar-refractivity contribution in [2.45, 2.75) is 46.5 Å². The summed E-state index contributed by atoms with van der Waals surface area (Å²) >= 11 is 0. The summed E-state index contributed by atoms with van der Waals surface area (Å²) in [5, 5.41) is 0. The molecule has 0 radical (unpaired) electrons. The van der Waals surface area contributed by atoms with Crippen molar-refractivity contribution >= 4 is 0 Å². The molecular weight excluding hydrogens is 158 g/mol. The largest absolute Gasteiger partial charge is 0.306 e. The van der Waals surface area contributed by atoms with Crippen LogP contribution in [0.1, 0.15) is 46.5 Å². The predicted octanol–water partition coefficient (Wildman–Crippen LogP) is 3.15. The van der Waals surface area contributed by atoms with E-state index >= 15 is 0 Å². The van der Waals surface area contributed by atoms with Crippen molar-refractivity contribution < 1.29 is 0 Å². The van der Waals surface area contributed by atoms with Crippen molar-refractivity contribution in [3.8, 4) is 0 Å². The van der Waals surface area contributed by atoms with Crippen LogP contribution >= 0.6 is 0 Å². The summed E-state index contributed by atoms with van der Waals surface area (Å²) < 4.78 is 0. The van der Waals surface area contributed by atoms with E-state index in [4.69, 9.17) is 0 Å². The zero-order valence-electron chi connectivity index (χ0n) is 9.77. The van der Waals surface area contributed by atoms with Gasteiger partial charge >= 0.3 is 0 Å². The Labute approximate surface area is 83.5 Å². The van der Waals surface area contributed by atoms with Crippen LogP contribution in [0, 0.1) is 11.3 Å². The summed E-state index contributed by atoms with van der Waals surface area (Å²) in [5.74, 6) is 0.958. The van der Waals surface area contributed by atoms with E-state index in [1.165, 1.54) is 38.8 Å². The zero-order chi connectivity index (χ0) is 9.90. The molecule has 1 heteroatoms. The Morgan fingerprint density at radius 3 is 2.62 bits per heavy atom. The Hall–Kier alpha value is -0.0400. The maximum absolute atomic E-state index is 2.50. The summed E-state index contributed by atoms with van der Waals surface area (Å²) in [4.78, 5) is 2.50. The van der Waals surface area contributed by atoms with Crippen molar-refractivity contribution in [2.75, 3.05) is 20.1 Å². The van der Waals surface area contributed by atoms with Gasteiger partial charge in [-0.15, -0.1) is 0 Å². The van der Waals surface area contributed by atoms with Gasteiger partial charge in [-0.05, 0) is 44.2 Å². The van der Waals surface area contributed by atoms with Gasteiger partial charge in [-0.25, -0.2) is 0 Å². The van der Waals surface area contributed by atoms with Gasteiger partial charge in [0, 0.05) is 6.54 Å². The second-order valence-electron chi connectivity index (χ2n) is 5.40. The summed E-state index contributed by atoms with van der Waals surface area (Å²) in [7, 11) is 2.26. The van der Waals surface area contributed by atoms with E-state index in [1.54, 1.807) is 0 Å². The van der Waals surface area contributed by atoms with Gasteiger partial charge in [-0.2, -0.15) is 0 Å². The van der Waals surface area contributed by atoms with Crippen LogP contribution in [0.5, 0.6) is 0 Å². The van der Waals surface area contributed by atoms with Crippen LogP contribution in [0.2, 0.25) is 0 Å². The molecule has 1 saturated carbocycles. The normalized spacial score (nSPS) is 34.4. The molecule has 1 aliphatic rings. The van der Waals surface area contributed by atoms with E-state index in [0.29, 0.717) is 5.41 Å². The van der Waals surface area contributed by atoms with Gasteiger partial charge in [0.05, 0.1) is 0 Å². The first-order chi connectivity index (χ1) is 6.06. The summed E-state index contributed by atoms with van der Waals surface area (Å²) in [5.41, 5.74) is 0.614. The molecule has 0 spiro atoms. The molecule has 1 fully saturated rings. The van der Waals surface area contributed by atoms with Gasteiger partial charge in [-0.1, -0.05) is 27.2 Å². The standard InChI is InChI=1S/C12H25N/c1-5-8-13(4)10-12(3)7-6-11(2)9-12/h11H,5-10H2,1-4H3/t11?,12-/m0/s1. The van der Waals surface area contributed by atoms with Gasteiger partial charge in [0.1, 0.15) is 0 Å². The quantitative estimate of drug-likeness (QED) is 0.647. The Morgan fingerprint density at radius 2 is 2.15 bits per heavy atom. The summed E-state index contributed by atoms with van der Waals surface area (Å²) in [6.45, 7) is 9.67. The van der Waals surface area contributed by atoms with E-state index in [-0.39, 0.29) is 0 Å². The van der Waals surface area contributed by atoms with Gasteiger partial charge in [0.25, 0.3) is 0 Å². The van der Waals surface area contributed by atoms with Crippen molar-refractivity contribution in [1.29, 1.82) is 0 Å². The molecule has 0 bridgehead atoms. The lowest BCUT2D eigenvalue weighted by Gasteiger charge is -2.29. The number of hydrogen-bond acceptors (Lipinski definition) is 1. The van der Waals surface area contributed by atoms with Crippen molar-refractivity contribution in [3.05, 3.63) is 0 Å². The Morgan fingerprint density at radius 1 is 1.46 bits per heavy atom. The molecule has 0 amide bonds. The van der Waals surface area contributed by atoms with E-state index in [2.05, 4.69) is 32.7 Å². The first kappa shape index (κ1) is 11.0. The Balaban J connectivity index is 2.34. The molecule has 0 aromatic heterocycles. The third-order valence-corrected chi connectivity index (χ3v) is 3.34. The van der Waals surface area contributed by atoms with E-state index in [9.17, 15) is 0 Å². The predicted molar refractivity (Wildman–Crippen MR) is 58.9 cm³/mol. The van der Waals surface area contributed by atoms with Crippen LogP contribution < -0.4 is 0 Å². The third kappa shape index (κ3) is 3.30. The Kier molecular flexibility index (Phi) is 3.78. The summed E-state index contributed by atoms with van der Waals surface area (Å²) in [6.07, 6.45) is 5.59. The smallest absolute Gasteiger partial charge is 0.00324 e. The molecule has 0 aliphatic heterocycles. The van der Waals surface area contributed by atoms with Crippen molar-refractivity contribution in [3.63, 3.8) is 0 Å². The molecule has 1 aliphatic carbocycles. The minimum atomic E-state index is 0.614. The zero-order valence-corrected chi connectivity index (χ0v) is 9.77. The topological polar surface area (TPSA) is 3.24 Å². The minimum absolute atomic E-state index is 0.614. The van der Waals surface area contributed by atoms with Crippen LogP contribution in [0.3, 0.4) is 0 Å². The summed E-state index contributed by atoms with van der Waals surface area (Å²) in [6, 6.07) is 0. The lowest BCUT2D eigenvalue weighted by atomic mass is 9.87.